The van der Waals surface area contributed by atoms with Gasteiger partial charge in [-0.05, 0) is 133 Å². The van der Waals surface area contributed by atoms with Crippen molar-refractivity contribution in [1.82, 2.24) is 14.5 Å². The van der Waals surface area contributed by atoms with Gasteiger partial charge in [-0.2, -0.15) is 0 Å². The highest BCUT2D eigenvalue weighted by Gasteiger charge is 2.30. The molecule has 9 rings (SSSR count). The van der Waals surface area contributed by atoms with E-state index in [1.54, 1.807) is 0 Å². The summed E-state index contributed by atoms with van der Waals surface area (Å²) in [7, 11) is 0. The smallest absolute Gasteiger partial charge is 0.149 e. The highest BCUT2D eigenvalue weighted by molar-refractivity contribution is 5.98. The van der Waals surface area contributed by atoms with Gasteiger partial charge in [-0.3, -0.25) is 9.55 Å². The van der Waals surface area contributed by atoms with Crippen molar-refractivity contribution < 1.29 is 12.0 Å². The van der Waals surface area contributed by atoms with Crippen LogP contribution in [0.4, 0.5) is 0 Å². The summed E-state index contributed by atoms with van der Waals surface area (Å²) >= 11 is 0. The second-order valence-electron chi connectivity index (χ2n) is 20.1. The van der Waals surface area contributed by atoms with E-state index in [0.717, 1.165) is 83.6 Å². The number of para-hydroxylation sites is 1. The summed E-state index contributed by atoms with van der Waals surface area (Å²) in [6, 6.07) is 44.3. The summed E-state index contributed by atoms with van der Waals surface area (Å²) in [4.78, 5) is 10.6. The standard InChI is InChI=1S/C62H61N3O/c1-39(2)51-34-46(43-25-18-13-19-26-43)35-52(40(3)4)58(51)65-56-28-20-27-50(57(56)64-60(65)53-37-49(61(5,6)7)38-54(59(53)66)62(8,9)10)47-31-45(42-23-16-12-17-24-42)32-48(33-47)55-36-44(29-30-63-55)41-21-14-11-15-22-41/h11-40,66H,1-10H3/i13D,18D,19D,25D,26D. The molecule has 0 bridgehead atoms. The Kier molecular flexibility index (Phi) is 10.1. The Hall–Kier alpha value is -7.04. The molecular weight excluding hydrogens is 803 g/mol. The number of rotatable bonds is 9. The van der Waals surface area contributed by atoms with Gasteiger partial charge in [0.05, 0.1) is 34.8 Å². The maximum Gasteiger partial charge on any atom is 0.149 e. The first-order chi connectivity index (χ1) is 33.6. The monoisotopic (exact) mass is 869 g/mol. The number of phenols is 1. The third-order valence-corrected chi connectivity index (χ3v) is 12.6. The number of aromatic hydroxyl groups is 1. The zero-order valence-corrected chi connectivity index (χ0v) is 39.7. The van der Waals surface area contributed by atoms with Crippen molar-refractivity contribution in [3.05, 3.63) is 192 Å². The molecule has 2 aromatic heterocycles. The summed E-state index contributed by atoms with van der Waals surface area (Å²) in [5.74, 6) is 0.543. The first-order valence-corrected chi connectivity index (χ1v) is 23.0. The molecule has 0 saturated carbocycles. The van der Waals surface area contributed by atoms with E-state index >= 15 is 0 Å². The van der Waals surface area contributed by atoms with Gasteiger partial charge in [-0.1, -0.05) is 178 Å². The number of aromatic nitrogens is 3. The minimum atomic E-state index is -0.427. The van der Waals surface area contributed by atoms with Gasteiger partial charge in [-0.25, -0.2) is 4.98 Å². The Morgan fingerprint density at radius 2 is 1.12 bits per heavy atom. The maximum absolute atomic E-state index is 12.7. The molecule has 2 heterocycles. The normalized spacial score (nSPS) is 13.2. The molecular formula is C62H61N3O. The van der Waals surface area contributed by atoms with Crippen LogP contribution < -0.4 is 0 Å². The highest BCUT2D eigenvalue weighted by atomic mass is 16.3. The number of hydrogen-bond acceptors (Lipinski definition) is 3. The minimum Gasteiger partial charge on any atom is -0.507 e. The van der Waals surface area contributed by atoms with E-state index < -0.39 is 11.5 Å². The Morgan fingerprint density at radius 1 is 0.530 bits per heavy atom. The van der Waals surface area contributed by atoms with Crippen LogP contribution in [0, 0.1) is 0 Å². The van der Waals surface area contributed by atoms with Crippen LogP contribution in [0.2, 0.25) is 0 Å². The van der Waals surface area contributed by atoms with E-state index in [4.69, 9.17) is 16.8 Å². The largest absolute Gasteiger partial charge is 0.507 e. The molecule has 4 heteroatoms. The molecule has 9 aromatic rings. The number of benzene rings is 7. The lowest BCUT2D eigenvalue weighted by Crippen LogP contribution is -2.17. The minimum absolute atomic E-state index is 0.0930. The fourth-order valence-electron chi connectivity index (χ4n) is 9.03. The molecule has 1 N–H and O–H groups in total. The van der Waals surface area contributed by atoms with Crippen LogP contribution in [0.3, 0.4) is 0 Å². The molecule has 0 aliphatic carbocycles. The highest BCUT2D eigenvalue weighted by Crippen LogP contribution is 2.47. The average Bonchev–Trinajstić information content (AvgIpc) is 3.74. The fourth-order valence-corrected chi connectivity index (χ4v) is 9.03. The lowest BCUT2D eigenvalue weighted by Gasteiger charge is -2.28. The van der Waals surface area contributed by atoms with E-state index in [2.05, 4.69) is 165 Å². The van der Waals surface area contributed by atoms with Crippen molar-refractivity contribution in [3.8, 4) is 78.6 Å². The van der Waals surface area contributed by atoms with Crippen LogP contribution in [0.1, 0.15) is 110 Å². The van der Waals surface area contributed by atoms with Gasteiger partial charge in [0.15, 0.2) is 0 Å². The predicted octanol–water partition coefficient (Wildman–Crippen LogP) is 17.0. The predicted molar refractivity (Wildman–Crippen MR) is 279 cm³/mol. The van der Waals surface area contributed by atoms with Crippen molar-refractivity contribution in [1.29, 1.82) is 0 Å². The van der Waals surface area contributed by atoms with E-state index in [1.807, 2.05) is 48.7 Å². The molecule has 0 radical (unpaired) electrons. The van der Waals surface area contributed by atoms with Crippen LogP contribution in [0.15, 0.2) is 170 Å². The molecule has 0 spiro atoms. The third-order valence-electron chi connectivity index (χ3n) is 12.6. The van der Waals surface area contributed by atoms with Gasteiger partial charge in [0.25, 0.3) is 0 Å². The lowest BCUT2D eigenvalue weighted by atomic mass is 9.78. The molecule has 0 saturated heterocycles. The molecule has 4 nitrogen and oxygen atoms in total. The first kappa shape index (κ1) is 38.3. The number of hydrogen-bond donors (Lipinski definition) is 1. The fraction of sp³-hybridized carbons (Fsp3) is 0.226. The van der Waals surface area contributed by atoms with Gasteiger partial charge in [-0.15, -0.1) is 0 Å². The molecule has 0 aliphatic heterocycles. The summed E-state index contributed by atoms with van der Waals surface area (Å²) in [6.07, 6.45) is 1.87. The SMILES string of the molecule is [2H]c1c([2H])c([2H])c(-c2cc(C(C)C)c(-n3c(-c4cc(C(C)(C)C)cc(C(C)(C)C)c4O)nc4c(-c5cc(-c6ccccc6)cc(-c6cc(-c7ccccc7)ccn6)c5)cccc43)c(C(C)C)c2)c([2H])c1[2H]. The van der Waals surface area contributed by atoms with Gasteiger partial charge in [0.1, 0.15) is 11.6 Å². The van der Waals surface area contributed by atoms with Crippen molar-refractivity contribution in [2.24, 2.45) is 0 Å². The number of imidazole rings is 1. The van der Waals surface area contributed by atoms with Crippen molar-refractivity contribution in [2.45, 2.75) is 91.9 Å². The molecule has 7 aromatic carbocycles. The van der Waals surface area contributed by atoms with Gasteiger partial charge >= 0.3 is 0 Å². The third kappa shape index (κ3) is 8.49. The second-order valence-corrected chi connectivity index (χ2v) is 20.1. The van der Waals surface area contributed by atoms with E-state index in [-0.39, 0.29) is 52.7 Å². The zero-order valence-electron chi connectivity index (χ0n) is 44.7. The first-order valence-electron chi connectivity index (χ1n) is 25.5. The number of fused-ring (bicyclic) bond motifs is 1. The molecule has 66 heavy (non-hydrogen) atoms. The molecule has 0 atom stereocenters. The van der Waals surface area contributed by atoms with E-state index in [0.29, 0.717) is 17.0 Å². The molecule has 0 aliphatic rings. The Morgan fingerprint density at radius 3 is 1.73 bits per heavy atom. The number of phenolic OH excluding ortho intramolecular Hbond substituents is 1. The number of pyridine rings is 1. The van der Waals surface area contributed by atoms with Crippen LogP contribution in [0.5, 0.6) is 5.75 Å². The zero-order chi connectivity index (χ0) is 50.8. The van der Waals surface area contributed by atoms with Crippen LogP contribution in [-0.2, 0) is 10.8 Å². The van der Waals surface area contributed by atoms with Crippen molar-refractivity contribution in [3.63, 3.8) is 0 Å². The Labute approximate surface area is 398 Å². The van der Waals surface area contributed by atoms with Crippen LogP contribution >= 0.6 is 0 Å². The molecule has 0 amide bonds. The molecule has 330 valence electrons. The molecule has 0 unspecified atom stereocenters. The lowest BCUT2D eigenvalue weighted by molar-refractivity contribution is 0.446. The van der Waals surface area contributed by atoms with Crippen molar-refractivity contribution >= 4 is 11.0 Å². The van der Waals surface area contributed by atoms with Gasteiger partial charge in [0.2, 0.25) is 0 Å². The Balaban J connectivity index is 1.40. The quantitative estimate of drug-likeness (QED) is 0.157. The summed E-state index contributed by atoms with van der Waals surface area (Å²) in [6.45, 7) is 21.4. The van der Waals surface area contributed by atoms with E-state index in [1.165, 1.54) is 0 Å². The average molecular weight is 869 g/mol. The molecule has 0 fully saturated rings. The number of nitrogens with zero attached hydrogens (tertiary/aromatic N) is 3. The van der Waals surface area contributed by atoms with Crippen LogP contribution in [-0.4, -0.2) is 19.6 Å². The van der Waals surface area contributed by atoms with Gasteiger partial charge < -0.3 is 5.11 Å². The summed E-state index contributed by atoms with van der Waals surface area (Å²) in [5, 5.41) is 12.7. The maximum atomic E-state index is 12.7. The van der Waals surface area contributed by atoms with Crippen LogP contribution in [0.25, 0.3) is 83.9 Å². The van der Waals surface area contributed by atoms with Gasteiger partial charge in [0, 0.05) is 22.9 Å². The second kappa shape index (κ2) is 17.4. The topological polar surface area (TPSA) is 50.9 Å². The summed E-state index contributed by atoms with van der Waals surface area (Å²) < 4.78 is 45.8. The van der Waals surface area contributed by atoms with Crippen molar-refractivity contribution in [2.75, 3.05) is 0 Å². The summed E-state index contributed by atoms with van der Waals surface area (Å²) in [5.41, 5.74) is 14.6. The van der Waals surface area contributed by atoms with E-state index in [9.17, 15) is 5.11 Å². The Bertz CT molecular complexity index is 3450.